The van der Waals surface area contributed by atoms with Crippen molar-refractivity contribution >= 4 is 18.0 Å². The summed E-state index contributed by atoms with van der Waals surface area (Å²) in [7, 11) is 4.45. The number of thioether (sulfide) groups is 1. The van der Waals surface area contributed by atoms with Gasteiger partial charge in [0.15, 0.2) is 0 Å². The summed E-state index contributed by atoms with van der Waals surface area (Å²) in [5.74, 6) is 2.15. The minimum atomic E-state index is 0.308. The summed E-state index contributed by atoms with van der Waals surface area (Å²) in [6.45, 7) is 2.63. The van der Waals surface area contributed by atoms with Crippen molar-refractivity contribution in [3.8, 4) is 0 Å². The second-order valence-corrected chi connectivity index (χ2v) is 10.6. The van der Waals surface area contributed by atoms with Crippen molar-refractivity contribution in [2.45, 2.75) is 86.9 Å². The van der Waals surface area contributed by atoms with E-state index in [1.165, 1.54) is 37.7 Å². The number of ether oxygens (including phenoxy) is 1. The van der Waals surface area contributed by atoms with Gasteiger partial charge >= 0.3 is 0 Å². The normalized spacial score (nSPS) is 41.1. The SMILES string of the molecule is CCC1(N(C)C)CCC(OC2=C3C(CC=N2)SC2CC[C@H](CCO)C32)CC1. The zero-order valence-electron chi connectivity index (χ0n) is 17.2. The van der Waals surface area contributed by atoms with Gasteiger partial charge in [0.1, 0.15) is 6.10 Å². The first kappa shape index (κ1) is 19.8. The number of rotatable bonds is 6. The van der Waals surface area contributed by atoms with Crippen molar-refractivity contribution in [1.82, 2.24) is 4.90 Å². The first-order valence-electron chi connectivity index (χ1n) is 10.9. The van der Waals surface area contributed by atoms with Crippen LogP contribution in [0.3, 0.4) is 0 Å². The minimum Gasteiger partial charge on any atom is -0.474 e. The van der Waals surface area contributed by atoms with Crippen LogP contribution in [0.5, 0.6) is 0 Å². The lowest BCUT2D eigenvalue weighted by Gasteiger charge is -2.44. The molecule has 4 nitrogen and oxygen atoms in total. The molecule has 0 aromatic heterocycles. The molecule has 0 amide bonds. The second kappa shape index (κ2) is 8.08. The van der Waals surface area contributed by atoms with E-state index in [9.17, 15) is 5.11 Å². The van der Waals surface area contributed by atoms with Gasteiger partial charge in [-0.2, -0.15) is 0 Å². The largest absolute Gasteiger partial charge is 0.474 e. The molecular formula is C22H36N2O2S. The summed E-state index contributed by atoms with van der Waals surface area (Å²) >= 11 is 2.15. The average molecular weight is 393 g/mol. The number of nitrogens with zero attached hydrogens (tertiary/aromatic N) is 2. The first-order valence-corrected chi connectivity index (χ1v) is 11.9. The Hall–Kier alpha value is -0.520. The molecule has 3 unspecified atom stereocenters. The minimum absolute atomic E-state index is 0.308. The number of fused-ring (bicyclic) bond motifs is 3. The van der Waals surface area contributed by atoms with Crippen molar-refractivity contribution in [3.63, 3.8) is 0 Å². The maximum Gasteiger partial charge on any atom is 0.213 e. The van der Waals surface area contributed by atoms with Crippen LogP contribution in [0, 0.1) is 11.8 Å². The van der Waals surface area contributed by atoms with Crippen LogP contribution in [-0.2, 0) is 4.74 Å². The van der Waals surface area contributed by atoms with Crippen LogP contribution in [0.4, 0.5) is 0 Å². The van der Waals surface area contributed by atoms with E-state index < -0.39 is 0 Å². The van der Waals surface area contributed by atoms with Crippen LogP contribution in [0.15, 0.2) is 16.4 Å². The number of hydrogen-bond acceptors (Lipinski definition) is 5. The van der Waals surface area contributed by atoms with E-state index in [-0.39, 0.29) is 0 Å². The highest BCUT2D eigenvalue weighted by atomic mass is 32.2. The fourth-order valence-electron chi connectivity index (χ4n) is 6.03. The Bertz CT molecular complexity index is 593. The molecule has 0 aromatic carbocycles. The molecule has 2 heterocycles. The van der Waals surface area contributed by atoms with Gasteiger partial charge in [-0.25, -0.2) is 4.99 Å². The van der Waals surface area contributed by atoms with Crippen molar-refractivity contribution in [3.05, 3.63) is 11.5 Å². The zero-order valence-corrected chi connectivity index (χ0v) is 18.0. The van der Waals surface area contributed by atoms with Gasteiger partial charge in [0.2, 0.25) is 5.88 Å². The van der Waals surface area contributed by atoms with Gasteiger partial charge in [-0.05, 0) is 77.8 Å². The standard InChI is InChI=1S/C22H36N2O2S/c1-4-22(24(2)3)11-7-16(8-12-22)26-21-20-18(9-13-23-21)27-17-6-5-15(10-14-25)19(17)20/h13,15-19,25H,4-12,14H2,1-3H3/t15-,16?,17?,18?,19?,22?/m1/s1. The molecule has 0 spiro atoms. The highest BCUT2D eigenvalue weighted by Crippen LogP contribution is 2.57. The summed E-state index contributed by atoms with van der Waals surface area (Å²) in [5.41, 5.74) is 1.84. The Kier molecular flexibility index (Phi) is 5.92. The molecular weight excluding hydrogens is 356 g/mol. The van der Waals surface area contributed by atoms with Gasteiger partial charge in [0, 0.05) is 40.4 Å². The van der Waals surface area contributed by atoms with Gasteiger partial charge in [-0.1, -0.05) is 6.92 Å². The highest BCUT2D eigenvalue weighted by Gasteiger charge is 2.49. The summed E-state index contributed by atoms with van der Waals surface area (Å²) < 4.78 is 6.59. The van der Waals surface area contributed by atoms with Crippen LogP contribution in [0.1, 0.15) is 64.7 Å². The van der Waals surface area contributed by atoms with Crippen molar-refractivity contribution < 1.29 is 9.84 Å². The predicted octanol–water partition coefficient (Wildman–Crippen LogP) is 4.23. The van der Waals surface area contributed by atoms with Gasteiger partial charge in [0.05, 0.1) is 0 Å². The smallest absolute Gasteiger partial charge is 0.213 e. The Morgan fingerprint density at radius 1 is 1.26 bits per heavy atom. The fraction of sp³-hybridized carbons (Fsp3) is 0.864. The van der Waals surface area contributed by atoms with Crippen LogP contribution in [0.25, 0.3) is 0 Å². The number of hydrogen-bond donors (Lipinski definition) is 1. The van der Waals surface area contributed by atoms with Crippen LogP contribution in [0.2, 0.25) is 0 Å². The molecule has 1 N–H and O–H groups in total. The molecule has 0 aromatic rings. The predicted molar refractivity (Wildman–Crippen MR) is 113 cm³/mol. The Morgan fingerprint density at radius 2 is 2.04 bits per heavy atom. The maximum atomic E-state index is 9.50. The summed E-state index contributed by atoms with van der Waals surface area (Å²) in [6, 6.07) is 0. The van der Waals surface area contributed by atoms with E-state index in [2.05, 4.69) is 43.9 Å². The molecule has 3 fully saturated rings. The van der Waals surface area contributed by atoms with E-state index in [1.54, 1.807) is 0 Å². The van der Waals surface area contributed by atoms with Crippen molar-refractivity contribution in [2.75, 3.05) is 20.7 Å². The quantitative estimate of drug-likeness (QED) is 0.734. The van der Waals surface area contributed by atoms with Crippen molar-refractivity contribution in [1.29, 1.82) is 0 Å². The third-order valence-corrected chi connectivity index (χ3v) is 9.45. The molecule has 2 saturated carbocycles. The second-order valence-electron chi connectivity index (χ2n) is 9.14. The number of aliphatic hydroxyl groups is 1. The van der Waals surface area contributed by atoms with E-state index in [0.29, 0.717) is 35.3 Å². The molecule has 4 rings (SSSR count). The fourth-order valence-corrected chi connectivity index (χ4v) is 7.86. The van der Waals surface area contributed by atoms with Gasteiger partial charge in [0.25, 0.3) is 0 Å². The summed E-state index contributed by atoms with van der Waals surface area (Å²) in [5, 5.41) is 10.8. The van der Waals surface area contributed by atoms with Gasteiger partial charge in [-0.3, -0.25) is 0 Å². The Labute approximate surface area is 168 Å². The van der Waals surface area contributed by atoms with E-state index >= 15 is 0 Å². The average Bonchev–Trinajstić information content (AvgIpc) is 3.23. The monoisotopic (exact) mass is 392 g/mol. The molecule has 4 aliphatic rings. The molecule has 2 aliphatic carbocycles. The Morgan fingerprint density at radius 3 is 2.70 bits per heavy atom. The Balaban J connectivity index is 1.49. The lowest BCUT2D eigenvalue weighted by molar-refractivity contribution is 0.0104. The molecule has 2 aliphatic heterocycles. The lowest BCUT2D eigenvalue weighted by atomic mass is 9.77. The first-order chi connectivity index (χ1) is 13.1. The van der Waals surface area contributed by atoms with E-state index in [4.69, 9.17) is 9.73 Å². The molecule has 4 atom stereocenters. The maximum absolute atomic E-state index is 9.50. The van der Waals surface area contributed by atoms with Gasteiger partial charge in [-0.15, -0.1) is 11.8 Å². The van der Waals surface area contributed by atoms with E-state index in [1.807, 2.05) is 0 Å². The molecule has 152 valence electrons. The van der Waals surface area contributed by atoms with Crippen molar-refractivity contribution in [2.24, 2.45) is 16.8 Å². The topological polar surface area (TPSA) is 45.1 Å². The third kappa shape index (κ3) is 3.60. The third-order valence-electron chi connectivity index (χ3n) is 7.80. The lowest BCUT2D eigenvalue weighted by Crippen LogP contribution is -2.47. The number of aliphatic imine (C=N–C) groups is 1. The summed E-state index contributed by atoms with van der Waals surface area (Å²) in [6.07, 6.45) is 12.8. The molecule has 0 bridgehead atoms. The highest BCUT2D eigenvalue weighted by molar-refractivity contribution is 8.01. The zero-order chi connectivity index (χ0) is 19.0. The van der Waals surface area contributed by atoms with Crippen LogP contribution in [-0.4, -0.2) is 59.1 Å². The molecule has 27 heavy (non-hydrogen) atoms. The molecule has 5 heteroatoms. The molecule has 1 saturated heterocycles. The van der Waals surface area contributed by atoms with E-state index in [0.717, 1.165) is 36.8 Å². The van der Waals surface area contributed by atoms with Gasteiger partial charge < -0.3 is 14.7 Å². The summed E-state index contributed by atoms with van der Waals surface area (Å²) in [4.78, 5) is 7.19. The number of aliphatic hydroxyl groups excluding tert-OH is 1. The van der Waals surface area contributed by atoms with Crippen LogP contribution < -0.4 is 0 Å². The molecule has 0 radical (unpaired) electrons. The van der Waals surface area contributed by atoms with Crippen LogP contribution >= 0.6 is 11.8 Å².